The summed E-state index contributed by atoms with van der Waals surface area (Å²) in [6, 6.07) is 13.5. The largest absolute Gasteiger partial charge is 0.416 e. The number of carbonyl (C=O) groups excluding carboxylic acids is 2. The summed E-state index contributed by atoms with van der Waals surface area (Å²) in [4.78, 5) is 23.8. The molecule has 0 aliphatic rings. The van der Waals surface area contributed by atoms with Gasteiger partial charge in [-0.1, -0.05) is 42.5 Å². The first kappa shape index (κ1) is 20.5. The Balaban J connectivity index is 1.77. The van der Waals surface area contributed by atoms with Crippen LogP contribution in [0.25, 0.3) is 0 Å². The van der Waals surface area contributed by atoms with Crippen molar-refractivity contribution < 1.29 is 22.8 Å². The zero-order chi connectivity index (χ0) is 19.9. The average Bonchev–Trinajstić information content (AvgIpc) is 2.62. The van der Waals surface area contributed by atoms with E-state index in [0.29, 0.717) is 5.56 Å². The van der Waals surface area contributed by atoms with Gasteiger partial charge in [-0.05, 0) is 30.2 Å². The van der Waals surface area contributed by atoms with E-state index in [1.165, 1.54) is 12.1 Å². The van der Waals surface area contributed by atoms with E-state index in [4.69, 9.17) is 0 Å². The Hall–Kier alpha value is -2.83. The molecule has 0 aliphatic carbocycles. The van der Waals surface area contributed by atoms with Gasteiger partial charge in [0.1, 0.15) is 0 Å². The Labute approximate surface area is 155 Å². The number of nitrogens with one attached hydrogen (secondary N) is 2. The monoisotopic (exact) mass is 378 g/mol. The first-order chi connectivity index (χ1) is 12.8. The van der Waals surface area contributed by atoms with Gasteiger partial charge in [-0.15, -0.1) is 0 Å². The quantitative estimate of drug-likeness (QED) is 0.773. The summed E-state index contributed by atoms with van der Waals surface area (Å²) in [6.07, 6.45) is -4.16. The van der Waals surface area contributed by atoms with Crippen LogP contribution in [0.15, 0.2) is 54.6 Å². The Morgan fingerprint density at radius 2 is 1.70 bits per heavy atom. The molecule has 144 valence electrons. The molecule has 0 aromatic heterocycles. The maximum atomic E-state index is 12.8. The van der Waals surface area contributed by atoms with Crippen LogP contribution in [0.1, 0.15) is 36.1 Å². The summed E-state index contributed by atoms with van der Waals surface area (Å²) in [5.41, 5.74) is 0.484. The van der Waals surface area contributed by atoms with E-state index in [2.05, 4.69) is 10.6 Å². The first-order valence-electron chi connectivity index (χ1n) is 8.53. The zero-order valence-corrected chi connectivity index (χ0v) is 14.8. The Morgan fingerprint density at radius 1 is 1.00 bits per heavy atom. The van der Waals surface area contributed by atoms with E-state index in [0.717, 1.165) is 17.7 Å². The van der Waals surface area contributed by atoms with E-state index in [1.54, 1.807) is 6.92 Å². The summed E-state index contributed by atoms with van der Waals surface area (Å²) in [5, 5.41) is 5.30. The summed E-state index contributed by atoms with van der Waals surface area (Å²) >= 11 is 0. The molecule has 2 aromatic rings. The summed E-state index contributed by atoms with van der Waals surface area (Å²) in [7, 11) is 0. The van der Waals surface area contributed by atoms with Crippen molar-refractivity contribution in [3.05, 3.63) is 71.3 Å². The third-order valence-corrected chi connectivity index (χ3v) is 3.97. The lowest BCUT2D eigenvalue weighted by Crippen LogP contribution is -2.32. The fourth-order valence-electron chi connectivity index (χ4n) is 2.54. The molecule has 4 nitrogen and oxygen atoms in total. The zero-order valence-electron chi connectivity index (χ0n) is 14.8. The van der Waals surface area contributed by atoms with Crippen LogP contribution in [0.5, 0.6) is 0 Å². The molecule has 0 spiro atoms. The SMILES string of the molecule is CC(NC(=O)CCNC(=O)Cc1ccccc1)c1cccc(C(F)(F)F)c1. The Bertz CT molecular complexity index is 776. The molecule has 0 saturated carbocycles. The van der Waals surface area contributed by atoms with Gasteiger partial charge in [-0.3, -0.25) is 9.59 Å². The second-order valence-corrected chi connectivity index (χ2v) is 6.17. The Kier molecular flexibility index (Phi) is 6.98. The van der Waals surface area contributed by atoms with Crippen molar-refractivity contribution in [2.24, 2.45) is 0 Å². The van der Waals surface area contributed by atoms with Gasteiger partial charge in [0.2, 0.25) is 11.8 Å². The summed E-state index contributed by atoms with van der Waals surface area (Å²) in [6.45, 7) is 1.77. The smallest absolute Gasteiger partial charge is 0.355 e. The molecule has 0 heterocycles. The van der Waals surface area contributed by atoms with E-state index in [1.807, 2.05) is 30.3 Å². The molecule has 2 aromatic carbocycles. The van der Waals surface area contributed by atoms with E-state index in [-0.39, 0.29) is 31.2 Å². The minimum atomic E-state index is -4.43. The highest BCUT2D eigenvalue weighted by Crippen LogP contribution is 2.30. The molecule has 0 saturated heterocycles. The molecule has 0 bridgehead atoms. The highest BCUT2D eigenvalue weighted by molar-refractivity contribution is 5.80. The molecular formula is C20H21F3N2O2. The summed E-state index contributed by atoms with van der Waals surface area (Å²) < 4.78 is 38.3. The van der Waals surface area contributed by atoms with Gasteiger partial charge in [-0.25, -0.2) is 0 Å². The molecule has 0 radical (unpaired) electrons. The van der Waals surface area contributed by atoms with Crippen LogP contribution >= 0.6 is 0 Å². The van der Waals surface area contributed by atoms with Crippen LogP contribution in [0.2, 0.25) is 0 Å². The maximum absolute atomic E-state index is 12.8. The molecule has 1 atom stereocenters. The molecule has 2 N–H and O–H groups in total. The second-order valence-electron chi connectivity index (χ2n) is 6.17. The van der Waals surface area contributed by atoms with Gasteiger partial charge >= 0.3 is 6.18 Å². The number of carbonyl (C=O) groups is 2. The minimum Gasteiger partial charge on any atom is -0.355 e. The van der Waals surface area contributed by atoms with Crippen LogP contribution in [0, 0.1) is 0 Å². The standard InChI is InChI=1S/C20H21F3N2O2/c1-14(16-8-5-9-17(13-16)20(21,22)23)25-18(26)10-11-24-19(27)12-15-6-3-2-4-7-15/h2-9,13-14H,10-12H2,1H3,(H,24,27)(H,25,26). The van der Waals surface area contributed by atoms with Crippen molar-refractivity contribution >= 4 is 11.8 Å². The van der Waals surface area contributed by atoms with Crippen molar-refractivity contribution in [3.8, 4) is 0 Å². The maximum Gasteiger partial charge on any atom is 0.416 e. The first-order valence-corrected chi connectivity index (χ1v) is 8.53. The molecule has 7 heteroatoms. The van der Waals surface area contributed by atoms with Crippen molar-refractivity contribution in [2.75, 3.05) is 6.54 Å². The molecular weight excluding hydrogens is 357 g/mol. The number of halogens is 3. The second kappa shape index (κ2) is 9.21. The third-order valence-electron chi connectivity index (χ3n) is 3.97. The van der Waals surface area contributed by atoms with E-state index in [9.17, 15) is 22.8 Å². The molecule has 0 fully saturated rings. The predicted molar refractivity (Wildman–Crippen MR) is 95.8 cm³/mol. The number of amides is 2. The van der Waals surface area contributed by atoms with Gasteiger partial charge in [0.25, 0.3) is 0 Å². The fourth-order valence-corrected chi connectivity index (χ4v) is 2.54. The van der Waals surface area contributed by atoms with Crippen LogP contribution < -0.4 is 10.6 Å². The van der Waals surface area contributed by atoms with Crippen LogP contribution in [-0.4, -0.2) is 18.4 Å². The highest BCUT2D eigenvalue weighted by atomic mass is 19.4. The van der Waals surface area contributed by atoms with Gasteiger partial charge < -0.3 is 10.6 Å². The molecule has 0 aliphatic heterocycles. The molecule has 2 rings (SSSR count). The molecule has 1 unspecified atom stereocenters. The van der Waals surface area contributed by atoms with Crippen molar-refractivity contribution in [1.82, 2.24) is 10.6 Å². The van der Waals surface area contributed by atoms with Crippen LogP contribution in [0.3, 0.4) is 0 Å². The van der Waals surface area contributed by atoms with Gasteiger partial charge in [0.15, 0.2) is 0 Å². The van der Waals surface area contributed by atoms with E-state index >= 15 is 0 Å². The average molecular weight is 378 g/mol. The van der Waals surface area contributed by atoms with Gasteiger partial charge in [0.05, 0.1) is 18.0 Å². The van der Waals surface area contributed by atoms with Crippen LogP contribution in [-0.2, 0) is 22.2 Å². The van der Waals surface area contributed by atoms with Gasteiger partial charge in [0, 0.05) is 13.0 Å². The van der Waals surface area contributed by atoms with Crippen molar-refractivity contribution in [1.29, 1.82) is 0 Å². The number of hydrogen-bond donors (Lipinski definition) is 2. The fraction of sp³-hybridized carbons (Fsp3) is 0.300. The van der Waals surface area contributed by atoms with Gasteiger partial charge in [-0.2, -0.15) is 13.2 Å². The van der Waals surface area contributed by atoms with Crippen molar-refractivity contribution in [3.63, 3.8) is 0 Å². The number of benzene rings is 2. The number of alkyl halides is 3. The minimum absolute atomic E-state index is 0.0455. The van der Waals surface area contributed by atoms with E-state index < -0.39 is 17.8 Å². The summed E-state index contributed by atoms with van der Waals surface area (Å²) in [5.74, 6) is -0.542. The number of hydrogen-bond acceptors (Lipinski definition) is 2. The predicted octanol–water partition coefficient (Wildman–Crippen LogP) is 3.63. The van der Waals surface area contributed by atoms with Crippen molar-refractivity contribution in [2.45, 2.75) is 32.0 Å². The highest BCUT2D eigenvalue weighted by Gasteiger charge is 2.30. The van der Waals surface area contributed by atoms with Crippen LogP contribution in [0.4, 0.5) is 13.2 Å². The molecule has 27 heavy (non-hydrogen) atoms. The topological polar surface area (TPSA) is 58.2 Å². The third kappa shape index (κ3) is 6.77. The Morgan fingerprint density at radius 3 is 2.37 bits per heavy atom. The lowest BCUT2D eigenvalue weighted by atomic mass is 10.0. The normalized spacial score (nSPS) is 12.3. The molecule has 2 amide bonds. The lowest BCUT2D eigenvalue weighted by molar-refractivity contribution is -0.137. The number of rotatable bonds is 7. The lowest BCUT2D eigenvalue weighted by Gasteiger charge is -2.16.